The number of anilines is 2. The monoisotopic (exact) mass is 325 g/mol. The van der Waals surface area contributed by atoms with Crippen LogP contribution in [0.2, 0.25) is 0 Å². The van der Waals surface area contributed by atoms with Crippen LogP contribution in [0.3, 0.4) is 0 Å². The van der Waals surface area contributed by atoms with Gasteiger partial charge in [-0.15, -0.1) is 0 Å². The molecule has 0 radical (unpaired) electrons. The van der Waals surface area contributed by atoms with Crippen molar-refractivity contribution in [3.8, 4) is 0 Å². The van der Waals surface area contributed by atoms with Crippen molar-refractivity contribution in [1.29, 1.82) is 0 Å². The fourth-order valence-corrected chi connectivity index (χ4v) is 3.05. The second-order valence-electron chi connectivity index (χ2n) is 4.42. The highest BCUT2D eigenvalue weighted by Gasteiger charge is 2.33. The van der Waals surface area contributed by atoms with Crippen molar-refractivity contribution in [3.05, 3.63) is 23.8 Å². The molecule has 6 nitrogen and oxygen atoms in total. The number of nitrogen functional groups attached to an aromatic ring is 1. The van der Waals surface area contributed by atoms with Crippen molar-refractivity contribution in [3.63, 3.8) is 0 Å². The molecule has 1 aromatic rings. The lowest BCUT2D eigenvalue weighted by molar-refractivity contribution is -0.136. The lowest BCUT2D eigenvalue weighted by atomic mass is 10.1. The Labute approximate surface area is 119 Å². The SMILES string of the molecule is Nc1ccc(NS(=O)(=O)N2CCOCC2)cc1C(F)(F)F. The summed E-state index contributed by atoms with van der Waals surface area (Å²) in [6, 6.07) is 2.87. The molecule has 0 aromatic heterocycles. The van der Waals surface area contributed by atoms with Crippen molar-refractivity contribution in [1.82, 2.24) is 4.31 Å². The fraction of sp³-hybridized carbons (Fsp3) is 0.455. The normalized spacial score (nSPS) is 17.7. The van der Waals surface area contributed by atoms with Gasteiger partial charge in [0.25, 0.3) is 0 Å². The van der Waals surface area contributed by atoms with Crippen molar-refractivity contribution >= 4 is 21.6 Å². The molecule has 21 heavy (non-hydrogen) atoms. The van der Waals surface area contributed by atoms with Gasteiger partial charge in [-0.1, -0.05) is 0 Å². The lowest BCUT2D eigenvalue weighted by Crippen LogP contribution is -2.43. The highest BCUT2D eigenvalue weighted by atomic mass is 32.2. The maximum atomic E-state index is 12.7. The molecule has 0 bridgehead atoms. The van der Waals surface area contributed by atoms with Crippen LogP contribution in [0.1, 0.15) is 5.56 Å². The van der Waals surface area contributed by atoms with Gasteiger partial charge in [0.1, 0.15) is 0 Å². The number of morpholine rings is 1. The summed E-state index contributed by atoms with van der Waals surface area (Å²) in [5, 5.41) is 0. The Kier molecular flexibility index (Phi) is 4.30. The first-order valence-electron chi connectivity index (χ1n) is 6.02. The topological polar surface area (TPSA) is 84.7 Å². The van der Waals surface area contributed by atoms with E-state index in [4.69, 9.17) is 10.5 Å². The maximum Gasteiger partial charge on any atom is 0.418 e. The summed E-state index contributed by atoms with van der Waals surface area (Å²) >= 11 is 0. The number of nitrogens with zero attached hydrogens (tertiary/aromatic N) is 1. The molecule has 1 fully saturated rings. The van der Waals surface area contributed by atoms with Gasteiger partial charge in [0, 0.05) is 18.8 Å². The third kappa shape index (κ3) is 3.77. The first-order valence-corrected chi connectivity index (χ1v) is 7.46. The molecule has 1 aliphatic rings. The van der Waals surface area contributed by atoms with E-state index in [9.17, 15) is 21.6 Å². The largest absolute Gasteiger partial charge is 0.418 e. The number of ether oxygens (including phenoxy) is 1. The zero-order valence-corrected chi connectivity index (χ0v) is 11.7. The summed E-state index contributed by atoms with van der Waals surface area (Å²) in [5.74, 6) is 0. The van der Waals surface area contributed by atoms with Gasteiger partial charge < -0.3 is 10.5 Å². The zero-order chi connectivity index (χ0) is 15.7. The highest BCUT2D eigenvalue weighted by molar-refractivity contribution is 7.90. The quantitative estimate of drug-likeness (QED) is 0.820. The average Bonchev–Trinajstić information content (AvgIpc) is 2.40. The third-order valence-electron chi connectivity index (χ3n) is 2.92. The molecule has 0 aliphatic carbocycles. The van der Waals surface area contributed by atoms with E-state index in [-0.39, 0.29) is 32.0 Å². The molecule has 0 saturated carbocycles. The standard InChI is InChI=1S/C11H14F3N3O3S/c12-11(13,14)9-7-8(1-2-10(9)15)16-21(18,19)17-3-5-20-6-4-17/h1-2,7,16H,3-6,15H2. The number of alkyl halides is 3. The fourth-order valence-electron chi connectivity index (χ4n) is 1.87. The number of hydrogen-bond acceptors (Lipinski definition) is 4. The van der Waals surface area contributed by atoms with Gasteiger partial charge in [-0.05, 0) is 18.2 Å². The Hall–Kier alpha value is -1.52. The predicted octanol–water partition coefficient (Wildman–Crippen LogP) is 1.28. The number of hydrogen-bond donors (Lipinski definition) is 2. The minimum absolute atomic E-state index is 0.149. The van der Waals surface area contributed by atoms with Crippen LogP contribution in [-0.2, 0) is 21.1 Å². The summed E-state index contributed by atoms with van der Waals surface area (Å²) < 4.78 is 70.5. The van der Waals surface area contributed by atoms with Crippen LogP contribution in [0, 0.1) is 0 Å². The van der Waals surface area contributed by atoms with Gasteiger partial charge in [-0.3, -0.25) is 4.72 Å². The number of rotatable bonds is 3. The van der Waals surface area contributed by atoms with E-state index in [2.05, 4.69) is 4.72 Å². The molecule has 0 unspecified atom stereocenters. The van der Waals surface area contributed by atoms with E-state index < -0.39 is 27.6 Å². The van der Waals surface area contributed by atoms with Gasteiger partial charge in [-0.25, -0.2) is 0 Å². The molecule has 0 atom stereocenters. The van der Waals surface area contributed by atoms with E-state index >= 15 is 0 Å². The van der Waals surface area contributed by atoms with Crippen molar-refractivity contribution in [2.75, 3.05) is 36.8 Å². The smallest absolute Gasteiger partial charge is 0.398 e. The number of benzene rings is 1. The highest BCUT2D eigenvalue weighted by Crippen LogP contribution is 2.35. The van der Waals surface area contributed by atoms with E-state index in [1.54, 1.807) is 0 Å². The van der Waals surface area contributed by atoms with E-state index in [1.165, 1.54) is 6.07 Å². The van der Waals surface area contributed by atoms with Gasteiger partial charge in [0.15, 0.2) is 0 Å². The summed E-state index contributed by atoms with van der Waals surface area (Å²) in [7, 11) is -3.92. The number of nitrogens with two attached hydrogens (primary N) is 1. The van der Waals surface area contributed by atoms with Crippen LogP contribution in [-0.4, -0.2) is 39.0 Å². The van der Waals surface area contributed by atoms with E-state index in [0.29, 0.717) is 6.07 Å². The molecule has 1 aliphatic heterocycles. The molecule has 2 rings (SSSR count). The minimum atomic E-state index is -4.65. The molecule has 0 spiro atoms. The first-order chi connectivity index (χ1) is 9.70. The second-order valence-corrected chi connectivity index (χ2v) is 6.09. The molecule has 1 aromatic carbocycles. The van der Waals surface area contributed by atoms with Crippen molar-refractivity contribution < 1.29 is 26.3 Å². The first kappa shape index (κ1) is 15.9. The summed E-state index contributed by atoms with van der Waals surface area (Å²) in [6.45, 7) is 0.791. The summed E-state index contributed by atoms with van der Waals surface area (Å²) in [6.07, 6.45) is -4.65. The van der Waals surface area contributed by atoms with Crippen LogP contribution in [0.4, 0.5) is 24.5 Å². The van der Waals surface area contributed by atoms with Crippen molar-refractivity contribution in [2.24, 2.45) is 0 Å². The Morgan fingerprint density at radius 1 is 1.24 bits per heavy atom. The lowest BCUT2D eigenvalue weighted by Gasteiger charge is -2.26. The Bertz CT molecular complexity index is 613. The number of halogens is 3. The molecule has 3 N–H and O–H groups in total. The molecule has 0 amide bonds. The maximum absolute atomic E-state index is 12.7. The van der Waals surface area contributed by atoms with E-state index in [0.717, 1.165) is 10.4 Å². The Morgan fingerprint density at radius 3 is 2.43 bits per heavy atom. The average molecular weight is 325 g/mol. The van der Waals surface area contributed by atoms with Gasteiger partial charge >= 0.3 is 16.4 Å². The third-order valence-corrected chi connectivity index (χ3v) is 4.45. The van der Waals surface area contributed by atoms with Crippen LogP contribution in [0.5, 0.6) is 0 Å². The Morgan fingerprint density at radius 2 is 1.86 bits per heavy atom. The van der Waals surface area contributed by atoms with Crippen molar-refractivity contribution in [2.45, 2.75) is 6.18 Å². The summed E-state index contributed by atoms with van der Waals surface area (Å²) in [4.78, 5) is 0. The van der Waals surface area contributed by atoms with Crippen LogP contribution in [0.15, 0.2) is 18.2 Å². The minimum Gasteiger partial charge on any atom is -0.398 e. The van der Waals surface area contributed by atoms with Crippen LogP contribution in [0.25, 0.3) is 0 Å². The van der Waals surface area contributed by atoms with Gasteiger partial charge in [0.2, 0.25) is 0 Å². The van der Waals surface area contributed by atoms with Crippen LogP contribution < -0.4 is 10.5 Å². The van der Waals surface area contributed by atoms with E-state index in [1.807, 2.05) is 0 Å². The molecular weight excluding hydrogens is 311 g/mol. The molecular formula is C11H14F3N3O3S. The molecule has 1 heterocycles. The number of nitrogens with one attached hydrogen (secondary N) is 1. The molecule has 118 valence electrons. The van der Waals surface area contributed by atoms with Gasteiger partial charge in [0.05, 0.1) is 24.5 Å². The molecule has 1 saturated heterocycles. The van der Waals surface area contributed by atoms with Crippen LogP contribution >= 0.6 is 0 Å². The van der Waals surface area contributed by atoms with Gasteiger partial charge in [-0.2, -0.15) is 25.9 Å². The second kappa shape index (κ2) is 5.70. The predicted molar refractivity (Wildman–Crippen MR) is 70.8 cm³/mol. The molecule has 10 heteroatoms. The Balaban J connectivity index is 2.23. The zero-order valence-electron chi connectivity index (χ0n) is 10.9. The summed E-state index contributed by atoms with van der Waals surface area (Å²) in [5.41, 5.74) is 3.53.